The molecule has 0 aliphatic heterocycles. The van der Waals surface area contributed by atoms with E-state index in [0.29, 0.717) is 6.04 Å². The minimum atomic E-state index is -4.39. The lowest BCUT2D eigenvalue weighted by Gasteiger charge is -2.19. The molecule has 1 saturated carbocycles. The first-order chi connectivity index (χ1) is 9.95. The Hall–Kier alpha value is -1.56. The Morgan fingerprint density at radius 3 is 2.62 bits per heavy atom. The zero-order valence-electron chi connectivity index (χ0n) is 11.7. The Bertz CT molecular complexity index is 482. The van der Waals surface area contributed by atoms with E-state index in [4.69, 9.17) is 0 Å². The summed E-state index contributed by atoms with van der Waals surface area (Å²) in [7, 11) is 0. The molecule has 0 unspecified atom stereocenters. The molecule has 0 radical (unpaired) electrons. The number of carbonyl (C=O) groups excluding carboxylic acids is 1. The molecule has 6 heteroatoms. The van der Waals surface area contributed by atoms with Gasteiger partial charge < -0.3 is 10.6 Å². The summed E-state index contributed by atoms with van der Waals surface area (Å²) in [6.07, 6.45) is 1.45. The van der Waals surface area contributed by atoms with Crippen LogP contribution in [0.25, 0.3) is 0 Å². The Balaban J connectivity index is 1.84. The van der Waals surface area contributed by atoms with Crippen molar-refractivity contribution in [3.8, 4) is 0 Å². The Morgan fingerprint density at radius 2 is 1.95 bits per heavy atom. The summed E-state index contributed by atoms with van der Waals surface area (Å²) in [5, 5.41) is 4.51. The van der Waals surface area contributed by atoms with E-state index in [1.165, 1.54) is 31.4 Å². The molecule has 1 aliphatic rings. The largest absolute Gasteiger partial charge is 0.416 e. The van der Waals surface area contributed by atoms with Crippen LogP contribution >= 0.6 is 0 Å². The van der Waals surface area contributed by atoms with Crippen LogP contribution in [0.5, 0.6) is 0 Å². The summed E-state index contributed by atoms with van der Waals surface area (Å²) >= 11 is 0. The first-order valence-electron chi connectivity index (χ1n) is 7.25. The zero-order chi connectivity index (χ0) is 15.3. The van der Waals surface area contributed by atoms with Crippen molar-refractivity contribution in [2.45, 2.75) is 44.3 Å². The molecule has 0 heterocycles. The van der Waals surface area contributed by atoms with E-state index >= 15 is 0 Å². The van der Waals surface area contributed by atoms with Crippen LogP contribution in [-0.4, -0.2) is 18.5 Å². The smallest absolute Gasteiger partial charge is 0.336 e. The summed E-state index contributed by atoms with van der Waals surface area (Å²) < 4.78 is 37.7. The van der Waals surface area contributed by atoms with Crippen LogP contribution in [0.1, 0.15) is 37.7 Å². The van der Waals surface area contributed by atoms with Crippen molar-refractivity contribution in [1.82, 2.24) is 0 Å². The summed E-state index contributed by atoms with van der Waals surface area (Å²) in [5.41, 5.74) is -0.566. The highest BCUT2D eigenvalue weighted by molar-refractivity contribution is 5.91. The van der Waals surface area contributed by atoms with E-state index in [2.05, 4.69) is 5.32 Å². The van der Waals surface area contributed by atoms with Crippen molar-refractivity contribution < 1.29 is 23.3 Å². The Morgan fingerprint density at radius 1 is 1.24 bits per heavy atom. The molecule has 3 nitrogen and oxygen atoms in total. The number of nitrogens with one attached hydrogen (secondary N) is 1. The van der Waals surface area contributed by atoms with Gasteiger partial charge in [-0.3, -0.25) is 4.79 Å². The second-order valence-corrected chi connectivity index (χ2v) is 5.46. The molecule has 0 bridgehead atoms. The van der Waals surface area contributed by atoms with Crippen molar-refractivity contribution in [2.75, 3.05) is 11.9 Å². The molecule has 0 aromatic heterocycles. The third-order valence-electron chi connectivity index (χ3n) is 3.76. The van der Waals surface area contributed by atoms with Crippen molar-refractivity contribution in [3.63, 3.8) is 0 Å². The van der Waals surface area contributed by atoms with Gasteiger partial charge in [0.15, 0.2) is 6.54 Å². The summed E-state index contributed by atoms with van der Waals surface area (Å²) in [4.78, 5) is 11.8. The number of carbonyl (C=O) groups is 1. The van der Waals surface area contributed by atoms with Crippen molar-refractivity contribution in [1.29, 1.82) is 0 Å². The number of halogens is 3. The number of hydrogen-bond acceptors (Lipinski definition) is 1. The SMILES string of the molecule is O=C(C[NH2+]C1CCCCC1)Nc1cccc(C(F)(F)F)c1. The first-order valence-corrected chi connectivity index (χ1v) is 7.25. The van der Waals surface area contributed by atoms with Gasteiger partial charge in [0.1, 0.15) is 0 Å². The van der Waals surface area contributed by atoms with Crippen LogP contribution < -0.4 is 10.6 Å². The highest BCUT2D eigenvalue weighted by atomic mass is 19.4. The van der Waals surface area contributed by atoms with E-state index < -0.39 is 11.7 Å². The van der Waals surface area contributed by atoms with Gasteiger partial charge in [-0.1, -0.05) is 12.5 Å². The number of rotatable bonds is 4. The third kappa shape index (κ3) is 5.04. The highest BCUT2D eigenvalue weighted by Crippen LogP contribution is 2.30. The summed E-state index contributed by atoms with van der Waals surface area (Å²) in [6.45, 7) is 0.251. The molecule has 3 N–H and O–H groups in total. The molecule has 116 valence electrons. The standard InChI is InChI=1S/C15H19F3N2O/c16-15(17,18)11-5-4-8-13(9-11)20-14(21)10-19-12-6-2-1-3-7-12/h4-5,8-9,12,19H,1-3,6-7,10H2,(H,20,21)/p+1. The molecule has 0 spiro atoms. The van der Waals surface area contributed by atoms with Gasteiger partial charge in [-0.15, -0.1) is 0 Å². The van der Waals surface area contributed by atoms with Gasteiger partial charge in [0.25, 0.3) is 5.91 Å². The normalized spacial score (nSPS) is 16.7. The van der Waals surface area contributed by atoms with Gasteiger partial charge in [0.2, 0.25) is 0 Å². The molecule has 1 fully saturated rings. The fourth-order valence-electron chi connectivity index (χ4n) is 2.63. The van der Waals surface area contributed by atoms with Crippen LogP contribution in [0.15, 0.2) is 24.3 Å². The Labute approximate surface area is 121 Å². The van der Waals surface area contributed by atoms with Crippen LogP contribution in [0.4, 0.5) is 18.9 Å². The maximum atomic E-state index is 12.6. The summed E-state index contributed by atoms with van der Waals surface area (Å²) in [6, 6.07) is 5.17. The van der Waals surface area contributed by atoms with Gasteiger partial charge in [-0.05, 0) is 43.9 Å². The predicted molar refractivity (Wildman–Crippen MR) is 73.7 cm³/mol. The zero-order valence-corrected chi connectivity index (χ0v) is 11.7. The average Bonchev–Trinajstić information content (AvgIpc) is 2.46. The number of anilines is 1. The van der Waals surface area contributed by atoms with Gasteiger partial charge >= 0.3 is 6.18 Å². The number of hydrogen-bond donors (Lipinski definition) is 2. The molecule has 0 saturated heterocycles. The fraction of sp³-hybridized carbons (Fsp3) is 0.533. The minimum Gasteiger partial charge on any atom is -0.336 e. The van der Waals surface area contributed by atoms with Crippen LogP contribution in [0.2, 0.25) is 0 Å². The van der Waals surface area contributed by atoms with Crippen LogP contribution in [0.3, 0.4) is 0 Å². The maximum absolute atomic E-state index is 12.6. The topological polar surface area (TPSA) is 45.7 Å². The van der Waals surface area contributed by atoms with E-state index in [-0.39, 0.29) is 18.1 Å². The maximum Gasteiger partial charge on any atom is 0.416 e. The molecule has 1 aliphatic carbocycles. The quantitative estimate of drug-likeness (QED) is 0.882. The number of alkyl halides is 3. The number of nitrogens with two attached hydrogens (primary N) is 1. The molecule has 2 rings (SSSR count). The molecule has 0 atom stereocenters. The monoisotopic (exact) mass is 301 g/mol. The first kappa shape index (κ1) is 15.8. The molecule has 1 amide bonds. The average molecular weight is 301 g/mol. The van der Waals surface area contributed by atoms with Gasteiger partial charge in [0, 0.05) is 5.69 Å². The number of benzene rings is 1. The van der Waals surface area contributed by atoms with E-state index in [0.717, 1.165) is 25.0 Å². The fourth-order valence-corrected chi connectivity index (χ4v) is 2.63. The van der Waals surface area contributed by atoms with Crippen molar-refractivity contribution in [2.24, 2.45) is 0 Å². The van der Waals surface area contributed by atoms with Crippen LogP contribution in [0, 0.1) is 0 Å². The van der Waals surface area contributed by atoms with Crippen molar-refractivity contribution >= 4 is 11.6 Å². The molecule has 1 aromatic carbocycles. The van der Waals surface area contributed by atoms with Gasteiger partial charge in [-0.2, -0.15) is 13.2 Å². The lowest BCUT2D eigenvalue weighted by atomic mass is 9.95. The number of amides is 1. The predicted octanol–water partition coefficient (Wildman–Crippen LogP) is 2.54. The second kappa shape index (κ2) is 6.93. The van der Waals surface area contributed by atoms with Gasteiger partial charge in [-0.25, -0.2) is 0 Å². The van der Waals surface area contributed by atoms with E-state index in [1.54, 1.807) is 0 Å². The third-order valence-corrected chi connectivity index (χ3v) is 3.76. The lowest BCUT2D eigenvalue weighted by Crippen LogP contribution is -2.91. The van der Waals surface area contributed by atoms with E-state index in [9.17, 15) is 18.0 Å². The van der Waals surface area contributed by atoms with Gasteiger partial charge in [0.05, 0.1) is 11.6 Å². The molecule has 21 heavy (non-hydrogen) atoms. The van der Waals surface area contributed by atoms with E-state index in [1.807, 2.05) is 5.32 Å². The molecule has 1 aromatic rings. The minimum absolute atomic E-state index is 0.187. The lowest BCUT2D eigenvalue weighted by molar-refractivity contribution is -0.681. The summed E-state index contributed by atoms with van der Waals surface area (Å²) in [5.74, 6) is -0.264. The number of quaternary nitrogens is 1. The highest BCUT2D eigenvalue weighted by Gasteiger charge is 2.30. The molecular weight excluding hydrogens is 281 g/mol. The van der Waals surface area contributed by atoms with Crippen molar-refractivity contribution in [3.05, 3.63) is 29.8 Å². The Kier molecular flexibility index (Phi) is 5.22. The molecular formula is C15H20F3N2O+. The second-order valence-electron chi connectivity index (χ2n) is 5.46. The van der Waals surface area contributed by atoms with Crippen LogP contribution in [-0.2, 0) is 11.0 Å².